The van der Waals surface area contributed by atoms with Crippen LogP contribution in [0, 0.1) is 0 Å². The molecule has 0 aliphatic carbocycles. The van der Waals surface area contributed by atoms with Gasteiger partial charge in [-0.1, -0.05) is 0 Å². The van der Waals surface area contributed by atoms with Crippen molar-refractivity contribution in [3.05, 3.63) is 0 Å². The second-order valence-corrected chi connectivity index (χ2v) is 0.285. The van der Waals surface area contributed by atoms with Crippen LogP contribution in [-0.4, -0.2) is 14.4 Å². The Hall–Kier alpha value is 0.535. The molecule has 5 heavy (non-hydrogen) atoms. The Morgan fingerprint density at radius 3 is 2.20 bits per heavy atom. The molecule has 0 aliphatic rings. The molecular weight excluding hydrogens is 75.8 g/mol. The number of hydrogen-bond donors (Lipinski definition) is 1. The molecule has 0 fully saturated rings. The Morgan fingerprint density at radius 2 is 2.20 bits per heavy atom. The third-order valence-electron chi connectivity index (χ3n) is 0.0680. The van der Waals surface area contributed by atoms with E-state index in [1.807, 2.05) is 0 Å². The smallest absolute Gasteiger partial charge is 1.00 e. The zero-order valence-electron chi connectivity index (χ0n) is 4.06. The van der Waals surface area contributed by atoms with Crippen molar-refractivity contribution < 1.29 is 35.8 Å². The molecule has 0 heterocycles. The summed E-state index contributed by atoms with van der Waals surface area (Å²) in [6.07, 6.45) is 0.403. The summed E-state index contributed by atoms with van der Waals surface area (Å²) < 4.78 is 0. The molecule has 0 rings (SSSR count). The minimum absolute atomic E-state index is 0. The summed E-state index contributed by atoms with van der Waals surface area (Å²) in [4.78, 5) is 8.94. The first-order valence-electron chi connectivity index (χ1n) is 0.813. The van der Waals surface area contributed by atoms with Gasteiger partial charge in [0.05, 0.1) is 0 Å². The maximum atomic E-state index is 8.94. The van der Waals surface area contributed by atoms with Crippen molar-refractivity contribution in [3.63, 3.8) is 0 Å². The molecule has 0 bridgehead atoms. The van der Waals surface area contributed by atoms with Crippen molar-refractivity contribution in [2.24, 2.45) is 0 Å². The second kappa shape index (κ2) is 8.82. The largest absolute Gasteiger partial charge is 1.00 e. The average molecular weight is 78.8 g/mol. The van der Waals surface area contributed by atoms with E-state index in [9.17, 15) is 0 Å². The monoisotopic (exact) mass is 79.0 g/mol. The summed E-state index contributed by atoms with van der Waals surface area (Å²) in [5.41, 5.74) is 0. The van der Waals surface area contributed by atoms with Crippen LogP contribution >= 0.6 is 0 Å². The number of hydrogen-bond acceptors (Lipinski definition) is 1. The van der Waals surface area contributed by atoms with Crippen LogP contribution in [0.25, 0.3) is 0 Å². The third kappa shape index (κ3) is 12.4. The van der Waals surface area contributed by atoms with E-state index < -0.39 is 0 Å². The van der Waals surface area contributed by atoms with E-state index in [0.29, 0.717) is 6.41 Å². The van der Waals surface area contributed by atoms with Crippen LogP contribution in [0.4, 0.5) is 0 Å². The van der Waals surface area contributed by atoms with Crippen LogP contribution < -0.4 is 34.8 Å². The summed E-state index contributed by atoms with van der Waals surface area (Å²) in [7, 11) is 4.41. The minimum Gasteiger partial charge on any atom is -1.00 e. The third-order valence-corrected chi connectivity index (χ3v) is 0.0680. The van der Waals surface area contributed by atoms with Crippen molar-refractivity contribution in [2.75, 3.05) is 0 Å². The summed E-state index contributed by atoms with van der Waals surface area (Å²) in [5, 5.41) is 1.75. The van der Waals surface area contributed by atoms with Crippen molar-refractivity contribution in [2.45, 2.75) is 0 Å². The predicted molar refractivity (Wildman–Crippen MR) is 16.1 cm³/mol. The van der Waals surface area contributed by atoms with Gasteiger partial charge in [-0.2, -0.15) is 0 Å². The van der Waals surface area contributed by atoms with E-state index in [1.54, 1.807) is 5.23 Å². The number of amides is 1. The molecule has 4 heteroatoms. The first-order chi connectivity index (χ1) is 1.91. The molecule has 0 aliphatic heterocycles. The van der Waals surface area contributed by atoms with Crippen molar-refractivity contribution >= 4 is 14.4 Å². The molecule has 0 saturated heterocycles. The van der Waals surface area contributed by atoms with Gasteiger partial charge in [-0.05, 0) is 0 Å². The van der Waals surface area contributed by atoms with Gasteiger partial charge in [-0.15, -0.1) is 0 Å². The maximum absolute atomic E-state index is 8.94. The molecule has 0 aromatic carbocycles. The van der Waals surface area contributed by atoms with Gasteiger partial charge in [0.2, 0.25) is 7.98 Å². The molecule has 0 aromatic heterocycles. The van der Waals surface area contributed by atoms with Gasteiger partial charge in [0.15, 0.2) is 6.41 Å². The molecule has 1 N–H and O–H groups in total. The van der Waals surface area contributed by atoms with E-state index in [4.69, 9.17) is 4.79 Å². The zero-order valence-corrected chi connectivity index (χ0v) is 5.06. The zero-order chi connectivity index (χ0) is 3.41. The van der Waals surface area contributed by atoms with Crippen LogP contribution in [0.3, 0.4) is 0 Å². The van der Waals surface area contributed by atoms with Crippen LogP contribution in [0.15, 0.2) is 0 Å². The Labute approximate surface area is 55.5 Å². The van der Waals surface area contributed by atoms with Gasteiger partial charge in [-0.3, -0.25) is 4.79 Å². The normalized spacial score (nSPS) is 4.00. The fourth-order valence-corrected chi connectivity index (χ4v) is 0. The number of nitrogens with one attached hydrogen (secondary N) is 1. The van der Waals surface area contributed by atoms with E-state index in [-0.39, 0.29) is 31.0 Å². The molecule has 0 spiro atoms. The molecule has 2 radical (unpaired) electrons. The topological polar surface area (TPSA) is 29.1 Å². The summed E-state index contributed by atoms with van der Waals surface area (Å²) in [5.74, 6) is 0. The second-order valence-electron chi connectivity index (χ2n) is 0.285. The molecule has 1 amide bonds. The SMILES string of the molecule is [B]NC=O.[H-].[Na+]. The molecular formula is CH3BNNaO. The van der Waals surface area contributed by atoms with Gasteiger partial charge in [-0.25, -0.2) is 0 Å². The quantitative estimate of drug-likeness (QED) is 0.251. The van der Waals surface area contributed by atoms with Crippen molar-refractivity contribution in [3.8, 4) is 0 Å². The Kier molecular flexibility index (Phi) is 16.1. The number of carbonyl (C=O) groups excluding carboxylic acids is 1. The van der Waals surface area contributed by atoms with Gasteiger partial charge in [0.1, 0.15) is 0 Å². The number of rotatable bonds is 1. The van der Waals surface area contributed by atoms with Gasteiger partial charge in [0.25, 0.3) is 0 Å². The van der Waals surface area contributed by atoms with Crippen molar-refractivity contribution in [1.29, 1.82) is 0 Å². The summed E-state index contributed by atoms with van der Waals surface area (Å²) in [6.45, 7) is 0. The van der Waals surface area contributed by atoms with E-state index in [0.717, 1.165) is 0 Å². The molecule has 0 saturated carbocycles. The molecule has 0 atom stereocenters. The Balaban J connectivity index is -0.0000000450. The van der Waals surface area contributed by atoms with Crippen LogP contribution in [0.2, 0.25) is 0 Å². The average Bonchev–Trinajstić information content (AvgIpc) is 1.37. The standard InChI is InChI=1S/CH2BNO.Na.H/c2-3-1-4;;/h1H,(H,3,4);;/q;+1;-1. The van der Waals surface area contributed by atoms with Gasteiger partial charge in [0, 0.05) is 0 Å². The number of carbonyl (C=O) groups is 1. The van der Waals surface area contributed by atoms with Crippen molar-refractivity contribution in [1.82, 2.24) is 5.23 Å². The van der Waals surface area contributed by atoms with Gasteiger partial charge >= 0.3 is 29.6 Å². The minimum atomic E-state index is 0. The van der Waals surface area contributed by atoms with E-state index >= 15 is 0 Å². The maximum Gasteiger partial charge on any atom is 1.00 e. The predicted octanol–water partition coefficient (Wildman–Crippen LogP) is -4.07. The molecule has 0 aromatic rings. The van der Waals surface area contributed by atoms with Crippen LogP contribution in [0.5, 0.6) is 0 Å². The first-order valence-corrected chi connectivity index (χ1v) is 0.813. The molecule has 2 nitrogen and oxygen atoms in total. The molecule has 22 valence electrons. The van der Waals surface area contributed by atoms with E-state index in [1.165, 1.54) is 0 Å². The van der Waals surface area contributed by atoms with Crippen LogP contribution in [-0.2, 0) is 4.79 Å². The Morgan fingerprint density at radius 1 is 2.00 bits per heavy atom. The molecule has 0 unspecified atom stereocenters. The van der Waals surface area contributed by atoms with Gasteiger partial charge < -0.3 is 6.65 Å². The van der Waals surface area contributed by atoms with E-state index in [2.05, 4.69) is 7.98 Å². The first kappa shape index (κ1) is 9.11. The summed E-state index contributed by atoms with van der Waals surface area (Å²) in [6, 6.07) is 0. The van der Waals surface area contributed by atoms with Crippen LogP contribution in [0.1, 0.15) is 1.43 Å². The fourth-order valence-electron chi connectivity index (χ4n) is 0. The summed E-state index contributed by atoms with van der Waals surface area (Å²) >= 11 is 0. The fraction of sp³-hybridized carbons (Fsp3) is 0. The Bertz CT molecular complexity index is 29.5.